The average Bonchev–Trinajstić information content (AvgIpc) is 2.90. The molecule has 0 fully saturated rings. The third-order valence-corrected chi connectivity index (χ3v) is 7.10. The van der Waals surface area contributed by atoms with Crippen LogP contribution in [0.1, 0.15) is 11.8 Å². The third kappa shape index (κ3) is 3.87. The van der Waals surface area contributed by atoms with Crippen LogP contribution in [0.2, 0.25) is 5.02 Å². The maximum absolute atomic E-state index is 12.7. The van der Waals surface area contributed by atoms with Crippen LogP contribution in [0.4, 0.5) is 0 Å². The number of likely N-dealkylation sites (N-methyl/N-ethyl adjacent to an activating group) is 1. The van der Waals surface area contributed by atoms with Crippen LogP contribution in [0.25, 0.3) is 0 Å². The number of hydrogen-bond donors (Lipinski definition) is 0. The molecule has 0 saturated heterocycles. The second-order valence-corrected chi connectivity index (χ2v) is 9.05. The fraction of sp³-hybridized carbons (Fsp3) is 0.286. The first kappa shape index (κ1) is 17.0. The summed E-state index contributed by atoms with van der Waals surface area (Å²) in [5.74, 6) is 0. The van der Waals surface area contributed by atoms with E-state index < -0.39 is 10.0 Å². The molecule has 1 unspecified atom stereocenters. The first-order valence-corrected chi connectivity index (χ1v) is 9.77. The Kier molecular flexibility index (Phi) is 5.48. The van der Waals surface area contributed by atoms with E-state index in [2.05, 4.69) is 15.9 Å². The van der Waals surface area contributed by atoms with Crippen LogP contribution in [0.3, 0.4) is 0 Å². The molecule has 0 N–H and O–H groups in total. The molecule has 2 rings (SSSR count). The summed E-state index contributed by atoms with van der Waals surface area (Å²) < 4.78 is 27.5. The summed E-state index contributed by atoms with van der Waals surface area (Å²) in [5.41, 5.74) is 0. The van der Waals surface area contributed by atoms with E-state index in [9.17, 15) is 8.42 Å². The van der Waals surface area contributed by atoms with Crippen LogP contribution < -0.4 is 0 Å². The van der Waals surface area contributed by atoms with Crippen molar-refractivity contribution in [2.75, 3.05) is 7.05 Å². The number of nitrogens with zero attached hydrogens (tertiary/aromatic N) is 1. The van der Waals surface area contributed by atoms with Gasteiger partial charge in [0, 0.05) is 22.4 Å². The van der Waals surface area contributed by atoms with Crippen molar-refractivity contribution in [3.8, 4) is 0 Å². The van der Waals surface area contributed by atoms with Crippen LogP contribution in [-0.2, 0) is 16.4 Å². The van der Waals surface area contributed by atoms with E-state index >= 15 is 0 Å². The monoisotopic (exact) mass is 407 g/mol. The lowest BCUT2D eigenvalue weighted by molar-refractivity contribution is 0.388. The van der Waals surface area contributed by atoms with Gasteiger partial charge >= 0.3 is 0 Å². The molecule has 0 aliphatic heterocycles. The van der Waals surface area contributed by atoms with Gasteiger partial charge in [-0.3, -0.25) is 0 Å². The standard InChI is InChI=1S/C14H15BrClNO2S2/c1-10(8-12-4-3-7-20-12)17(2)21(18,19)14-6-5-11(15)9-13(14)16/h3-7,9-10H,8H2,1-2H3. The molecule has 114 valence electrons. The van der Waals surface area contributed by atoms with Crippen molar-refractivity contribution < 1.29 is 8.42 Å². The van der Waals surface area contributed by atoms with Gasteiger partial charge in [-0.05, 0) is 43.0 Å². The van der Waals surface area contributed by atoms with E-state index in [0.717, 1.165) is 9.35 Å². The van der Waals surface area contributed by atoms with E-state index in [1.807, 2.05) is 24.4 Å². The first-order chi connectivity index (χ1) is 9.82. The lowest BCUT2D eigenvalue weighted by atomic mass is 10.2. The van der Waals surface area contributed by atoms with Crippen molar-refractivity contribution in [1.82, 2.24) is 4.31 Å². The molecule has 3 nitrogen and oxygen atoms in total. The summed E-state index contributed by atoms with van der Waals surface area (Å²) in [6.45, 7) is 1.89. The topological polar surface area (TPSA) is 37.4 Å². The highest BCUT2D eigenvalue weighted by Gasteiger charge is 2.27. The Bertz CT molecular complexity index is 717. The normalized spacial score (nSPS) is 13.6. The first-order valence-electron chi connectivity index (χ1n) is 6.28. The highest BCUT2D eigenvalue weighted by molar-refractivity contribution is 9.10. The van der Waals surface area contributed by atoms with Gasteiger partial charge in [0.25, 0.3) is 0 Å². The van der Waals surface area contributed by atoms with E-state index in [0.29, 0.717) is 6.42 Å². The number of halogens is 2. The number of thiophene rings is 1. The van der Waals surface area contributed by atoms with E-state index in [1.165, 1.54) is 10.4 Å². The fourth-order valence-corrected chi connectivity index (χ4v) is 5.12. The minimum absolute atomic E-state index is 0.132. The highest BCUT2D eigenvalue weighted by Crippen LogP contribution is 2.28. The molecule has 1 aromatic heterocycles. The van der Waals surface area contributed by atoms with Crippen molar-refractivity contribution in [2.45, 2.75) is 24.3 Å². The molecule has 7 heteroatoms. The van der Waals surface area contributed by atoms with E-state index in [4.69, 9.17) is 11.6 Å². The molecule has 0 saturated carbocycles. The predicted octanol–water partition coefficient (Wildman–Crippen LogP) is 4.42. The Hall–Kier alpha value is -0.400. The van der Waals surface area contributed by atoms with Gasteiger partial charge in [0.1, 0.15) is 4.90 Å². The van der Waals surface area contributed by atoms with Crippen LogP contribution in [0.5, 0.6) is 0 Å². The van der Waals surface area contributed by atoms with Crippen LogP contribution >= 0.6 is 38.9 Å². The molecule has 21 heavy (non-hydrogen) atoms. The summed E-state index contributed by atoms with van der Waals surface area (Å²) in [6.07, 6.45) is 0.682. The zero-order chi connectivity index (χ0) is 15.6. The molecule has 0 aliphatic carbocycles. The number of benzene rings is 1. The van der Waals surface area contributed by atoms with E-state index in [-0.39, 0.29) is 16.0 Å². The quantitative estimate of drug-likeness (QED) is 0.734. The maximum Gasteiger partial charge on any atom is 0.244 e. The molecule has 1 heterocycles. The fourth-order valence-electron chi connectivity index (χ4n) is 1.92. The lowest BCUT2D eigenvalue weighted by Gasteiger charge is -2.24. The van der Waals surface area contributed by atoms with Gasteiger partial charge in [-0.2, -0.15) is 4.31 Å². The Morgan fingerprint density at radius 1 is 1.38 bits per heavy atom. The van der Waals surface area contributed by atoms with Crippen LogP contribution in [-0.4, -0.2) is 25.8 Å². The lowest BCUT2D eigenvalue weighted by Crippen LogP contribution is -2.36. The Labute approximate surface area is 142 Å². The summed E-state index contributed by atoms with van der Waals surface area (Å²) in [5, 5.41) is 2.21. The van der Waals surface area contributed by atoms with Gasteiger partial charge in [-0.15, -0.1) is 11.3 Å². The average molecular weight is 409 g/mol. The van der Waals surface area contributed by atoms with Gasteiger partial charge in [-0.25, -0.2) is 8.42 Å². The van der Waals surface area contributed by atoms with Crippen molar-refractivity contribution in [3.63, 3.8) is 0 Å². The summed E-state index contributed by atoms with van der Waals surface area (Å²) in [4.78, 5) is 1.29. The van der Waals surface area contributed by atoms with Gasteiger partial charge < -0.3 is 0 Å². The Balaban J connectivity index is 2.25. The summed E-state index contributed by atoms with van der Waals surface area (Å²) in [6, 6.07) is 8.62. The number of rotatable bonds is 5. The molecule has 1 atom stereocenters. The minimum atomic E-state index is -3.60. The number of sulfonamides is 1. The smallest absolute Gasteiger partial charge is 0.207 e. The minimum Gasteiger partial charge on any atom is -0.207 e. The predicted molar refractivity (Wildman–Crippen MR) is 91.6 cm³/mol. The van der Waals surface area contributed by atoms with Gasteiger partial charge in [0.2, 0.25) is 10.0 Å². The van der Waals surface area contributed by atoms with Crippen molar-refractivity contribution >= 4 is 48.9 Å². The Morgan fingerprint density at radius 2 is 2.10 bits per heavy atom. The zero-order valence-corrected chi connectivity index (χ0v) is 15.6. The third-order valence-electron chi connectivity index (χ3n) is 3.25. The van der Waals surface area contributed by atoms with Gasteiger partial charge in [0.15, 0.2) is 0 Å². The summed E-state index contributed by atoms with van der Waals surface area (Å²) >= 11 is 11.0. The Morgan fingerprint density at radius 3 is 2.67 bits per heavy atom. The molecule has 1 aromatic carbocycles. The van der Waals surface area contributed by atoms with Gasteiger partial charge in [0.05, 0.1) is 5.02 Å². The maximum atomic E-state index is 12.7. The molecule has 0 amide bonds. The largest absolute Gasteiger partial charge is 0.244 e. The highest BCUT2D eigenvalue weighted by atomic mass is 79.9. The number of hydrogen-bond acceptors (Lipinski definition) is 3. The summed E-state index contributed by atoms with van der Waals surface area (Å²) in [7, 11) is -2.01. The molecule has 0 aliphatic rings. The van der Waals surface area contributed by atoms with Crippen molar-refractivity contribution in [3.05, 3.63) is 50.1 Å². The molecule has 2 aromatic rings. The van der Waals surface area contributed by atoms with Gasteiger partial charge in [-0.1, -0.05) is 33.6 Å². The second kappa shape index (κ2) is 6.79. The second-order valence-electron chi connectivity index (χ2n) is 4.73. The zero-order valence-electron chi connectivity index (χ0n) is 11.6. The van der Waals surface area contributed by atoms with Crippen molar-refractivity contribution in [2.24, 2.45) is 0 Å². The molecular weight excluding hydrogens is 394 g/mol. The van der Waals surface area contributed by atoms with E-state index in [1.54, 1.807) is 30.5 Å². The van der Waals surface area contributed by atoms with Crippen LogP contribution in [0, 0.1) is 0 Å². The molecule has 0 radical (unpaired) electrons. The van der Waals surface area contributed by atoms with Crippen molar-refractivity contribution in [1.29, 1.82) is 0 Å². The molecule has 0 spiro atoms. The molecular formula is C14H15BrClNO2S2. The SMILES string of the molecule is CC(Cc1cccs1)N(C)S(=O)(=O)c1ccc(Br)cc1Cl. The van der Waals surface area contributed by atoms with Crippen LogP contribution in [0.15, 0.2) is 45.1 Å². The molecule has 0 bridgehead atoms.